The van der Waals surface area contributed by atoms with Crippen molar-refractivity contribution in [2.45, 2.75) is 31.6 Å². The molecule has 0 N–H and O–H groups in total. The van der Waals surface area contributed by atoms with E-state index < -0.39 is 0 Å². The molecule has 1 aliphatic rings. The van der Waals surface area contributed by atoms with Crippen molar-refractivity contribution < 1.29 is 51.4 Å². The molecular weight excluding hydrogens is 349 g/mol. The summed E-state index contributed by atoms with van der Waals surface area (Å²) in [6, 6.07) is 17.9. The van der Waals surface area contributed by atoms with Crippen molar-refractivity contribution in [1.82, 2.24) is 4.98 Å². The molecule has 1 aromatic carbocycles. The van der Waals surface area contributed by atoms with Crippen molar-refractivity contribution in [3.63, 3.8) is 0 Å². The largest absolute Gasteiger partial charge is 1.00 e. The quantitative estimate of drug-likeness (QED) is 0.460. The zero-order valence-corrected chi connectivity index (χ0v) is 17.1. The van der Waals surface area contributed by atoms with E-state index in [1.165, 1.54) is 31.2 Å². The summed E-state index contributed by atoms with van der Waals surface area (Å²) < 4.78 is 0.912. The minimum absolute atomic E-state index is 0. The fourth-order valence-corrected chi connectivity index (χ4v) is 3.40. The van der Waals surface area contributed by atoms with Crippen LogP contribution in [0.3, 0.4) is 0 Å². The number of hydrogen-bond donors (Lipinski definition) is 0. The second-order valence-corrected chi connectivity index (χ2v) is 6.24. The van der Waals surface area contributed by atoms with Gasteiger partial charge < -0.3 is 0 Å². The smallest absolute Gasteiger partial charge is 0.285 e. The van der Waals surface area contributed by atoms with Crippen molar-refractivity contribution in [3.8, 4) is 0 Å². The van der Waals surface area contributed by atoms with Crippen molar-refractivity contribution in [2.75, 3.05) is 0 Å². The number of hydrogen-bond acceptors (Lipinski definition) is 1. The molecule has 1 saturated carbocycles. The summed E-state index contributed by atoms with van der Waals surface area (Å²) in [5, 5.41) is 0. The van der Waals surface area contributed by atoms with Gasteiger partial charge in [0.25, 0.3) is 0 Å². The Labute approximate surface area is 178 Å². The van der Waals surface area contributed by atoms with E-state index in [0.717, 1.165) is 10.3 Å². The maximum atomic E-state index is 4.63. The molecule has 0 amide bonds. The molecule has 1 fully saturated rings. The Morgan fingerprint density at radius 2 is 1.86 bits per heavy atom. The summed E-state index contributed by atoms with van der Waals surface area (Å²) in [4.78, 5) is 4.63. The Kier molecular flexibility index (Phi) is 7.46. The monoisotopic (exact) mass is 366 g/mol. The molecule has 2 atom stereocenters. The fourth-order valence-electron chi connectivity index (χ4n) is 3.08. The van der Waals surface area contributed by atoms with Gasteiger partial charge in [-0.15, -0.1) is 12.1 Å². The van der Waals surface area contributed by atoms with E-state index in [4.69, 9.17) is 0 Å². The zero-order chi connectivity index (χ0) is 13.8. The molecule has 2 unspecified atom stereocenters. The van der Waals surface area contributed by atoms with E-state index in [1.54, 1.807) is 0 Å². The predicted octanol–water partition coefficient (Wildman–Crippen LogP) is 2.17. The third-order valence-corrected chi connectivity index (χ3v) is 4.50. The average Bonchev–Trinajstić information content (AvgIpc) is 2.49. The molecule has 0 spiro atoms. The number of rotatable bonds is 3. The van der Waals surface area contributed by atoms with E-state index in [9.17, 15) is 0 Å². The van der Waals surface area contributed by atoms with Crippen molar-refractivity contribution in [1.29, 1.82) is 0 Å². The normalized spacial score (nSPS) is 21.4. The van der Waals surface area contributed by atoms with Crippen LogP contribution in [0, 0.1) is 18.4 Å². The van der Waals surface area contributed by atoms with Gasteiger partial charge in [0.15, 0.2) is 0 Å². The van der Waals surface area contributed by atoms with Gasteiger partial charge in [0, 0.05) is 4.60 Å². The van der Waals surface area contributed by atoms with Crippen LogP contribution in [0.15, 0.2) is 47.1 Å². The molecule has 1 heterocycles. The Bertz CT molecular complexity index is 558. The van der Waals surface area contributed by atoms with Gasteiger partial charge in [-0.05, 0) is 18.0 Å². The van der Waals surface area contributed by atoms with Gasteiger partial charge >= 0.3 is 51.4 Å². The van der Waals surface area contributed by atoms with Crippen molar-refractivity contribution in [2.24, 2.45) is 5.92 Å². The Morgan fingerprint density at radius 1 is 1.10 bits per heavy atom. The van der Waals surface area contributed by atoms with Gasteiger partial charge in [-0.2, -0.15) is 30.2 Å². The molecule has 104 valence electrons. The predicted molar refractivity (Wildman–Crippen MR) is 85.3 cm³/mol. The Morgan fingerprint density at radius 3 is 2.62 bits per heavy atom. The number of nitrogens with zero attached hydrogens (tertiary/aromatic N) is 1. The first kappa shape index (κ1) is 17.7. The molecule has 1 nitrogen and oxygen atoms in total. The van der Waals surface area contributed by atoms with Gasteiger partial charge in [0.1, 0.15) is 0 Å². The maximum Gasteiger partial charge on any atom is 1.00 e. The van der Waals surface area contributed by atoms with Gasteiger partial charge in [-0.25, -0.2) is 12.1 Å². The van der Waals surface area contributed by atoms with Crippen LogP contribution in [0.4, 0.5) is 0 Å². The summed E-state index contributed by atoms with van der Waals surface area (Å²) in [6.45, 7) is 0. The Balaban J connectivity index is 0.00000161. The van der Waals surface area contributed by atoms with Crippen LogP contribution in [0.1, 0.15) is 42.9 Å². The number of halogens is 1. The molecular formula is C18H18BrKN-. The number of benzene rings is 1. The molecule has 3 rings (SSSR count). The third kappa shape index (κ3) is 4.92. The van der Waals surface area contributed by atoms with Crippen LogP contribution < -0.4 is 51.4 Å². The molecule has 0 radical (unpaired) electrons. The summed E-state index contributed by atoms with van der Waals surface area (Å²) in [5.74, 6) is 1.07. The maximum absolute atomic E-state index is 4.63. The van der Waals surface area contributed by atoms with E-state index in [0.29, 0.717) is 11.8 Å². The topological polar surface area (TPSA) is 12.9 Å². The van der Waals surface area contributed by atoms with Gasteiger partial charge in [-0.3, -0.25) is 4.98 Å². The molecule has 21 heavy (non-hydrogen) atoms. The minimum atomic E-state index is 0. The zero-order valence-electron chi connectivity index (χ0n) is 12.4. The average molecular weight is 367 g/mol. The molecule has 1 aromatic heterocycles. The third-order valence-electron chi connectivity index (χ3n) is 4.06. The van der Waals surface area contributed by atoms with Crippen LogP contribution in [-0.4, -0.2) is 4.98 Å². The van der Waals surface area contributed by atoms with Crippen LogP contribution in [0.2, 0.25) is 0 Å². The molecule has 3 heteroatoms. The van der Waals surface area contributed by atoms with Crippen LogP contribution in [0.25, 0.3) is 0 Å². The summed E-state index contributed by atoms with van der Waals surface area (Å²) in [6.07, 6.45) is 7.50. The molecule has 2 aromatic rings. The van der Waals surface area contributed by atoms with E-state index >= 15 is 0 Å². The number of pyridine rings is 1. The van der Waals surface area contributed by atoms with Crippen LogP contribution in [0.5, 0.6) is 0 Å². The summed E-state index contributed by atoms with van der Waals surface area (Å²) >= 11 is 3.47. The van der Waals surface area contributed by atoms with E-state index in [1.807, 2.05) is 12.1 Å². The van der Waals surface area contributed by atoms with Gasteiger partial charge in [-0.1, -0.05) is 47.2 Å². The number of aromatic nitrogens is 1. The fraction of sp³-hybridized carbons (Fsp3) is 0.333. The molecule has 0 aliphatic heterocycles. The van der Waals surface area contributed by atoms with E-state index in [2.05, 4.69) is 63.7 Å². The first-order valence-electron chi connectivity index (χ1n) is 7.27. The molecule has 0 saturated heterocycles. The van der Waals surface area contributed by atoms with E-state index in [-0.39, 0.29) is 51.4 Å². The molecule has 1 aliphatic carbocycles. The Hall–Kier alpha value is 0.356. The SMILES string of the molecule is Brc1cc[c-]c(C2CCCCC2[CH-]c2ccccc2)n1.[K+]. The second-order valence-electron chi connectivity index (χ2n) is 5.43. The summed E-state index contributed by atoms with van der Waals surface area (Å²) in [5.41, 5.74) is 2.43. The minimum Gasteiger partial charge on any atom is -0.285 e. The first-order chi connectivity index (χ1) is 9.83. The summed E-state index contributed by atoms with van der Waals surface area (Å²) in [7, 11) is 0. The van der Waals surface area contributed by atoms with Gasteiger partial charge in [0.05, 0.1) is 0 Å². The van der Waals surface area contributed by atoms with Crippen molar-refractivity contribution >= 4 is 15.9 Å². The van der Waals surface area contributed by atoms with Crippen LogP contribution in [-0.2, 0) is 0 Å². The van der Waals surface area contributed by atoms with Gasteiger partial charge in [0.2, 0.25) is 0 Å². The van der Waals surface area contributed by atoms with Crippen LogP contribution >= 0.6 is 15.9 Å². The first-order valence-corrected chi connectivity index (χ1v) is 8.06. The standard InChI is InChI=1S/C18H18BrN.K/c19-18-12-6-11-17(20-18)16-10-5-4-9-15(16)13-14-7-2-1-3-8-14;/h1-3,6-8,12-13,15-16H,4-5,9-10H2;/q-2;+1. The van der Waals surface area contributed by atoms with Crippen molar-refractivity contribution in [3.05, 3.63) is 70.8 Å². The molecule has 0 bridgehead atoms. The second kappa shape index (κ2) is 8.85.